The highest BCUT2D eigenvalue weighted by atomic mass is 16.4. The molecule has 2 amide bonds. The molecule has 1 fully saturated rings. The summed E-state index contributed by atoms with van der Waals surface area (Å²) in [6, 6.07) is 9.64. The first kappa shape index (κ1) is 19.7. The summed E-state index contributed by atoms with van der Waals surface area (Å²) < 4.78 is 0. The van der Waals surface area contributed by atoms with Crippen LogP contribution in [0.5, 0.6) is 0 Å². The zero-order chi connectivity index (χ0) is 19.1. The molecule has 1 heterocycles. The maximum absolute atomic E-state index is 12.5. The van der Waals surface area contributed by atoms with Crippen LogP contribution < -0.4 is 0 Å². The number of rotatable bonds is 7. The Labute approximate surface area is 154 Å². The van der Waals surface area contributed by atoms with Gasteiger partial charge in [-0.1, -0.05) is 36.4 Å². The van der Waals surface area contributed by atoms with Crippen LogP contribution in [0.3, 0.4) is 0 Å². The number of likely N-dealkylation sites (tertiary alicyclic amines) is 1. The molecule has 6 heteroatoms. The Balaban J connectivity index is 1.90. The van der Waals surface area contributed by atoms with Gasteiger partial charge >= 0.3 is 5.97 Å². The molecule has 2 unspecified atom stereocenters. The number of carbonyl (C=O) groups excluding carboxylic acids is 2. The van der Waals surface area contributed by atoms with Gasteiger partial charge in [0.25, 0.3) is 0 Å². The van der Waals surface area contributed by atoms with Crippen LogP contribution in [0.4, 0.5) is 0 Å². The molecule has 1 aromatic carbocycles. The van der Waals surface area contributed by atoms with Gasteiger partial charge in [-0.25, -0.2) is 0 Å². The van der Waals surface area contributed by atoms with Crippen molar-refractivity contribution >= 4 is 17.8 Å². The second-order valence-corrected chi connectivity index (χ2v) is 6.72. The molecule has 140 valence electrons. The summed E-state index contributed by atoms with van der Waals surface area (Å²) in [5.41, 5.74) is 1.01. The summed E-state index contributed by atoms with van der Waals surface area (Å²) >= 11 is 0. The number of nitrogens with zero attached hydrogens (tertiary/aromatic N) is 2. The molecule has 0 spiro atoms. The van der Waals surface area contributed by atoms with Crippen LogP contribution in [0.2, 0.25) is 0 Å². The largest absolute Gasteiger partial charge is 0.481 e. The molecule has 26 heavy (non-hydrogen) atoms. The molecular weight excluding hydrogens is 332 g/mol. The fourth-order valence-electron chi connectivity index (χ4n) is 3.18. The van der Waals surface area contributed by atoms with Crippen molar-refractivity contribution in [3.05, 3.63) is 48.6 Å². The van der Waals surface area contributed by atoms with Gasteiger partial charge in [-0.05, 0) is 18.4 Å². The molecule has 2 atom stereocenters. The van der Waals surface area contributed by atoms with Crippen LogP contribution in [0, 0.1) is 5.92 Å². The molecule has 0 aromatic heterocycles. The predicted octanol–water partition coefficient (Wildman–Crippen LogP) is 2.13. The quantitative estimate of drug-likeness (QED) is 0.758. The first-order chi connectivity index (χ1) is 12.4. The number of carbonyl (C=O) groups is 3. The standard InChI is InChI=1S/C20H26N2O4/c1-3-15(16-8-5-4-6-9-16)12-18(23)21(2)14-19(24)22-11-7-10-17(13-22)20(25)26/h3-6,8-9,15,17H,1,7,10-14H2,2H3,(H,25,26). The fourth-order valence-corrected chi connectivity index (χ4v) is 3.18. The van der Waals surface area contributed by atoms with Gasteiger partial charge in [0.05, 0.1) is 12.5 Å². The zero-order valence-corrected chi connectivity index (χ0v) is 15.1. The molecule has 1 saturated heterocycles. The van der Waals surface area contributed by atoms with Gasteiger partial charge in [-0.15, -0.1) is 6.58 Å². The van der Waals surface area contributed by atoms with E-state index in [1.807, 2.05) is 30.3 Å². The van der Waals surface area contributed by atoms with Gasteiger partial charge in [-0.2, -0.15) is 0 Å². The number of aliphatic carboxylic acids is 1. The van der Waals surface area contributed by atoms with Gasteiger partial charge in [0, 0.05) is 32.5 Å². The molecule has 2 rings (SSSR count). The minimum atomic E-state index is -0.872. The lowest BCUT2D eigenvalue weighted by molar-refractivity contribution is -0.147. The fraction of sp³-hybridized carbons (Fsp3) is 0.450. The average Bonchev–Trinajstić information content (AvgIpc) is 2.66. The summed E-state index contributed by atoms with van der Waals surface area (Å²) in [5, 5.41) is 9.13. The number of likely N-dealkylation sites (N-methyl/N-ethyl adjacent to an activating group) is 1. The van der Waals surface area contributed by atoms with Gasteiger partial charge in [0.2, 0.25) is 11.8 Å². The van der Waals surface area contributed by atoms with E-state index in [1.165, 1.54) is 4.90 Å². The second kappa shape index (κ2) is 9.17. The smallest absolute Gasteiger partial charge is 0.308 e. The molecule has 0 bridgehead atoms. The third-order valence-corrected chi connectivity index (χ3v) is 4.83. The summed E-state index contributed by atoms with van der Waals surface area (Å²) in [4.78, 5) is 39.0. The van der Waals surface area contributed by atoms with E-state index in [0.29, 0.717) is 19.4 Å². The van der Waals surface area contributed by atoms with Crippen molar-refractivity contribution in [1.29, 1.82) is 0 Å². The first-order valence-corrected chi connectivity index (χ1v) is 8.84. The average molecular weight is 358 g/mol. The molecule has 0 radical (unpaired) electrons. The van der Waals surface area contributed by atoms with Crippen LogP contribution in [0.25, 0.3) is 0 Å². The lowest BCUT2D eigenvalue weighted by Gasteiger charge is -2.32. The maximum Gasteiger partial charge on any atom is 0.308 e. The summed E-state index contributed by atoms with van der Waals surface area (Å²) in [6.07, 6.45) is 3.25. The topological polar surface area (TPSA) is 77.9 Å². The number of hydrogen-bond acceptors (Lipinski definition) is 3. The van der Waals surface area contributed by atoms with Gasteiger partial charge < -0.3 is 14.9 Å². The molecule has 1 aliphatic rings. The van der Waals surface area contributed by atoms with Gasteiger partial charge in [0.15, 0.2) is 0 Å². The second-order valence-electron chi connectivity index (χ2n) is 6.72. The highest BCUT2D eigenvalue weighted by Gasteiger charge is 2.29. The van der Waals surface area contributed by atoms with Crippen molar-refractivity contribution in [3.8, 4) is 0 Å². The lowest BCUT2D eigenvalue weighted by Crippen LogP contribution is -2.47. The third kappa shape index (κ3) is 5.18. The van der Waals surface area contributed by atoms with E-state index < -0.39 is 11.9 Å². The van der Waals surface area contributed by atoms with Crippen LogP contribution in [0.15, 0.2) is 43.0 Å². The van der Waals surface area contributed by atoms with E-state index in [1.54, 1.807) is 18.0 Å². The summed E-state index contributed by atoms with van der Waals surface area (Å²) in [7, 11) is 1.60. The van der Waals surface area contributed by atoms with E-state index in [2.05, 4.69) is 6.58 Å². The monoisotopic (exact) mass is 358 g/mol. The number of piperidine rings is 1. The third-order valence-electron chi connectivity index (χ3n) is 4.83. The van der Waals surface area contributed by atoms with Crippen molar-refractivity contribution in [2.45, 2.75) is 25.2 Å². The number of benzene rings is 1. The van der Waals surface area contributed by atoms with Crippen molar-refractivity contribution in [2.75, 3.05) is 26.7 Å². The van der Waals surface area contributed by atoms with E-state index in [9.17, 15) is 14.4 Å². The summed E-state index contributed by atoms with van der Waals surface area (Å²) in [6.45, 7) is 4.53. The number of amides is 2. The van der Waals surface area contributed by atoms with E-state index in [4.69, 9.17) is 5.11 Å². The van der Waals surface area contributed by atoms with Crippen molar-refractivity contribution in [3.63, 3.8) is 0 Å². The molecule has 6 nitrogen and oxygen atoms in total. The Morgan fingerprint density at radius 1 is 1.35 bits per heavy atom. The molecule has 1 N–H and O–H groups in total. The molecule has 1 aliphatic heterocycles. The van der Waals surface area contributed by atoms with Crippen molar-refractivity contribution < 1.29 is 19.5 Å². The Kier molecular flexibility index (Phi) is 6.95. The number of allylic oxidation sites excluding steroid dienone is 1. The minimum Gasteiger partial charge on any atom is -0.481 e. The normalized spacial score (nSPS) is 18.0. The van der Waals surface area contributed by atoms with Crippen LogP contribution >= 0.6 is 0 Å². The van der Waals surface area contributed by atoms with Crippen LogP contribution in [-0.4, -0.2) is 59.4 Å². The lowest BCUT2D eigenvalue weighted by atomic mass is 9.95. The van der Waals surface area contributed by atoms with E-state index in [-0.39, 0.29) is 37.2 Å². The van der Waals surface area contributed by atoms with Crippen molar-refractivity contribution in [2.24, 2.45) is 5.92 Å². The number of carboxylic acid groups (broad SMARTS) is 1. The van der Waals surface area contributed by atoms with Crippen LogP contribution in [-0.2, 0) is 14.4 Å². The number of carboxylic acids is 1. The van der Waals surface area contributed by atoms with Crippen molar-refractivity contribution in [1.82, 2.24) is 9.80 Å². The van der Waals surface area contributed by atoms with Gasteiger partial charge in [-0.3, -0.25) is 14.4 Å². The maximum atomic E-state index is 12.5. The Hall–Kier alpha value is -2.63. The van der Waals surface area contributed by atoms with E-state index in [0.717, 1.165) is 5.56 Å². The van der Waals surface area contributed by atoms with E-state index >= 15 is 0 Å². The molecule has 0 saturated carbocycles. The first-order valence-electron chi connectivity index (χ1n) is 8.84. The minimum absolute atomic E-state index is 0.0379. The SMILES string of the molecule is C=CC(CC(=O)N(C)CC(=O)N1CCCC(C(=O)O)C1)c1ccccc1. The Bertz CT molecular complexity index is 659. The Morgan fingerprint density at radius 3 is 2.65 bits per heavy atom. The molecule has 0 aliphatic carbocycles. The highest BCUT2D eigenvalue weighted by molar-refractivity contribution is 5.85. The van der Waals surface area contributed by atoms with Gasteiger partial charge in [0.1, 0.15) is 0 Å². The predicted molar refractivity (Wildman–Crippen MR) is 98.6 cm³/mol. The Morgan fingerprint density at radius 2 is 2.04 bits per heavy atom. The molecule has 1 aromatic rings. The molecular formula is C20H26N2O4. The van der Waals surface area contributed by atoms with Crippen LogP contribution in [0.1, 0.15) is 30.7 Å². The highest BCUT2D eigenvalue weighted by Crippen LogP contribution is 2.21. The number of hydrogen-bond donors (Lipinski definition) is 1. The summed E-state index contributed by atoms with van der Waals surface area (Å²) in [5.74, 6) is -1.84. The zero-order valence-electron chi connectivity index (χ0n) is 15.1.